The lowest BCUT2D eigenvalue weighted by molar-refractivity contribution is 0.419. The lowest BCUT2D eigenvalue weighted by atomic mass is 10.2. The molecule has 0 saturated heterocycles. The predicted octanol–water partition coefficient (Wildman–Crippen LogP) is 3.75. The van der Waals surface area contributed by atoms with Gasteiger partial charge in [-0.05, 0) is 37.3 Å². The molecule has 8 nitrogen and oxygen atoms in total. The van der Waals surface area contributed by atoms with E-state index in [0.29, 0.717) is 22.7 Å². The van der Waals surface area contributed by atoms with E-state index < -0.39 is 0 Å². The molecule has 4 rings (SSSR count). The number of rotatable bonds is 5. The van der Waals surface area contributed by atoms with Crippen molar-refractivity contribution in [2.24, 2.45) is 7.05 Å². The summed E-state index contributed by atoms with van der Waals surface area (Å²) in [5.74, 6) is 2.26. The summed E-state index contributed by atoms with van der Waals surface area (Å²) in [6, 6.07) is 10.8. The number of hydrogen-bond donors (Lipinski definition) is 1. The minimum atomic E-state index is -0.227. The summed E-state index contributed by atoms with van der Waals surface area (Å²) >= 11 is 6.02. The van der Waals surface area contributed by atoms with Crippen LogP contribution in [0.3, 0.4) is 0 Å². The van der Waals surface area contributed by atoms with Crippen molar-refractivity contribution in [2.75, 3.05) is 5.32 Å². The molecule has 1 N–H and O–H groups in total. The minimum Gasteiger partial charge on any atom is -0.344 e. The number of anilines is 1. The van der Waals surface area contributed by atoms with E-state index in [-0.39, 0.29) is 6.04 Å². The Morgan fingerprint density at radius 2 is 1.93 bits per heavy atom. The zero-order chi connectivity index (χ0) is 18.8. The van der Waals surface area contributed by atoms with E-state index in [0.717, 1.165) is 17.0 Å². The zero-order valence-electron chi connectivity index (χ0n) is 14.7. The van der Waals surface area contributed by atoms with Crippen molar-refractivity contribution in [3.8, 4) is 22.8 Å². The first-order valence-corrected chi connectivity index (χ1v) is 8.65. The second-order valence-electron chi connectivity index (χ2n) is 5.98. The number of halogens is 1. The van der Waals surface area contributed by atoms with Gasteiger partial charge in [0.15, 0.2) is 11.6 Å². The molecule has 27 heavy (non-hydrogen) atoms. The van der Waals surface area contributed by atoms with Crippen LogP contribution in [0.4, 0.5) is 5.95 Å². The molecular formula is C18H16ClN7O. The Kier molecular flexibility index (Phi) is 4.55. The van der Waals surface area contributed by atoms with Crippen molar-refractivity contribution < 1.29 is 4.52 Å². The number of pyridine rings is 1. The molecule has 1 aromatic carbocycles. The van der Waals surface area contributed by atoms with Crippen LogP contribution in [0, 0.1) is 0 Å². The molecule has 0 amide bonds. The van der Waals surface area contributed by atoms with Gasteiger partial charge < -0.3 is 9.84 Å². The van der Waals surface area contributed by atoms with E-state index >= 15 is 0 Å². The van der Waals surface area contributed by atoms with Gasteiger partial charge in [0, 0.05) is 35.6 Å². The molecule has 0 saturated carbocycles. The van der Waals surface area contributed by atoms with E-state index in [1.54, 1.807) is 24.5 Å². The lowest BCUT2D eigenvalue weighted by Crippen LogP contribution is -2.12. The van der Waals surface area contributed by atoms with Crippen LogP contribution < -0.4 is 5.32 Å². The topological polar surface area (TPSA) is 94.6 Å². The Balaban J connectivity index is 1.53. The van der Waals surface area contributed by atoms with Crippen LogP contribution in [0.15, 0.2) is 53.3 Å². The van der Waals surface area contributed by atoms with Gasteiger partial charge in [0.2, 0.25) is 5.95 Å². The van der Waals surface area contributed by atoms with Gasteiger partial charge in [-0.25, -0.2) is 0 Å². The van der Waals surface area contributed by atoms with Crippen LogP contribution in [0.25, 0.3) is 22.8 Å². The highest BCUT2D eigenvalue weighted by Crippen LogP contribution is 2.24. The van der Waals surface area contributed by atoms with Crippen LogP contribution >= 0.6 is 11.6 Å². The average molecular weight is 382 g/mol. The maximum Gasteiger partial charge on any atom is 0.258 e. The van der Waals surface area contributed by atoms with E-state index in [2.05, 4.69) is 30.6 Å². The van der Waals surface area contributed by atoms with Gasteiger partial charge in [-0.3, -0.25) is 9.55 Å². The second-order valence-corrected chi connectivity index (χ2v) is 6.41. The molecule has 1 atom stereocenters. The van der Waals surface area contributed by atoms with Gasteiger partial charge in [-0.1, -0.05) is 22.8 Å². The quantitative estimate of drug-likeness (QED) is 0.562. The predicted molar refractivity (Wildman–Crippen MR) is 101 cm³/mol. The third-order valence-electron chi connectivity index (χ3n) is 4.06. The van der Waals surface area contributed by atoms with Gasteiger partial charge in [0.05, 0.1) is 6.04 Å². The Bertz CT molecular complexity index is 1060. The lowest BCUT2D eigenvalue weighted by Gasteiger charge is -2.10. The monoisotopic (exact) mass is 381 g/mol. The van der Waals surface area contributed by atoms with Crippen LogP contribution in [0.5, 0.6) is 0 Å². The van der Waals surface area contributed by atoms with Gasteiger partial charge in [0.1, 0.15) is 0 Å². The Morgan fingerprint density at radius 3 is 2.70 bits per heavy atom. The number of aromatic nitrogens is 6. The van der Waals surface area contributed by atoms with Crippen molar-refractivity contribution in [2.45, 2.75) is 13.0 Å². The maximum atomic E-state index is 6.02. The highest BCUT2D eigenvalue weighted by Gasteiger charge is 2.18. The van der Waals surface area contributed by atoms with Crippen LogP contribution in [0.1, 0.15) is 18.8 Å². The number of nitrogens with zero attached hydrogens (tertiary/aromatic N) is 6. The first kappa shape index (κ1) is 17.2. The van der Waals surface area contributed by atoms with E-state index in [9.17, 15) is 0 Å². The number of hydrogen-bond acceptors (Lipinski definition) is 7. The first-order valence-electron chi connectivity index (χ1n) is 8.27. The maximum absolute atomic E-state index is 6.02. The molecule has 0 unspecified atom stereocenters. The summed E-state index contributed by atoms with van der Waals surface area (Å²) < 4.78 is 7.22. The molecule has 0 aliphatic heterocycles. The second kappa shape index (κ2) is 7.16. The van der Waals surface area contributed by atoms with Gasteiger partial charge in [0.25, 0.3) is 5.89 Å². The van der Waals surface area contributed by atoms with E-state index in [1.807, 2.05) is 42.8 Å². The van der Waals surface area contributed by atoms with Crippen LogP contribution in [-0.2, 0) is 7.05 Å². The van der Waals surface area contributed by atoms with Crippen molar-refractivity contribution in [1.82, 2.24) is 29.9 Å². The Labute approximate surface area is 160 Å². The van der Waals surface area contributed by atoms with Crippen molar-refractivity contribution >= 4 is 17.5 Å². The molecular weight excluding hydrogens is 366 g/mol. The molecule has 3 heterocycles. The normalized spacial score (nSPS) is 12.1. The minimum absolute atomic E-state index is 0.227. The fraction of sp³-hybridized carbons (Fsp3) is 0.167. The molecule has 136 valence electrons. The molecule has 4 aromatic rings. The summed E-state index contributed by atoms with van der Waals surface area (Å²) in [4.78, 5) is 8.47. The van der Waals surface area contributed by atoms with Crippen molar-refractivity contribution in [3.05, 3.63) is 59.6 Å². The zero-order valence-corrected chi connectivity index (χ0v) is 15.4. The number of benzene rings is 1. The summed E-state index contributed by atoms with van der Waals surface area (Å²) in [7, 11) is 1.89. The third-order valence-corrected chi connectivity index (χ3v) is 4.29. The molecule has 0 radical (unpaired) electrons. The molecule has 0 bridgehead atoms. The van der Waals surface area contributed by atoms with Gasteiger partial charge in [-0.15, -0.1) is 10.2 Å². The highest BCUT2D eigenvalue weighted by atomic mass is 35.5. The van der Waals surface area contributed by atoms with Gasteiger partial charge in [-0.2, -0.15) is 4.98 Å². The van der Waals surface area contributed by atoms with E-state index in [4.69, 9.17) is 16.1 Å². The molecule has 0 aliphatic carbocycles. The van der Waals surface area contributed by atoms with Gasteiger partial charge >= 0.3 is 0 Å². The third kappa shape index (κ3) is 3.52. The largest absolute Gasteiger partial charge is 0.344 e. The standard InChI is InChI=1S/C18H16ClN7O/c1-11(15-22-17(27-25-15)13-4-3-5-14(19)10-13)21-18-24-23-16(26(18)2)12-6-8-20-9-7-12/h3-11H,1-2H3,(H,21,24)/t11-/m0/s1. The highest BCUT2D eigenvalue weighted by molar-refractivity contribution is 6.30. The summed E-state index contributed by atoms with van der Waals surface area (Å²) in [5, 5.41) is 16.4. The first-order chi connectivity index (χ1) is 13.1. The summed E-state index contributed by atoms with van der Waals surface area (Å²) in [5.41, 5.74) is 1.70. The van der Waals surface area contributed by atoms with Crippen LogP contribution in [0.2, 0.25) is 5.02 Å². The van der Waals surface area contributed by atoms with E-state index in [1.165, 1.54) is 0 Å². The average Bonchev–Trinajstić information content (AvgIpc) is 3.31. The fourth-order valence-corrected chi connectivity index (χ4v) is 2.81. The fourth-order valence-electron chi connectivity index (χ4n) is 2.61. The molecule has 9 heteroatoms. The number of nitrogens with one attached hydrogen (secondary N) is 1. The molecule has 0 fully saturated rings. The Hall–Kier alpha value is -3.26. The Morgan fingerprint density at radius 1 is 1.11 bits per heavy atom. The SMILES string of the molecule is C[C@H](Nc1nnc(-c2ccncc2)n1C)c1noc(-c2cccc(Cl)c2)n1. The van der Waals surface area contributed by atoms with Crippen LogP contribution in [-0.4, -0.2) is 29.9 Å². The molecule has 3 aromatic heterocycles. The smallest absolute Gasteiger partial charge is 0.258 e. The van der Waals surface area contributed by atoms with Crippen molar-refractivity contribution in [3.63, 3.8) is 0 Å². The molecule has 0 aliphatic rings. The summed E-state index contributed by atoms with van der Waals surface area (Å²) in [6.45, 7) is 1.92. The molecule has 0 spiro atoms. The summed E-state index contributed by atoms with van der Waals surface area (Å²) in [6.07, 6.45) is 3.44. The van der Waals surface area contributed by atoms with Crippen molar-refractivity contribution in [1.29, 1.82) is 0 Å².